The topological polar surface area (TPSA) is 65.7 Å². The Morgan fingerprint density at radius 3 is 1.88 bits per heavy atom. The number of benzene rings is 1. The van der Waals surface area contributed by atoms with Crippen LogP contribution in [0.2, 0.25) is 5.54 Å². The molecule has 3 atom stereocenters. The molecule has 0 fully saturated rings. The minimum Gasteiger partial charge on any atom is -0.374 e. The summed E-state index contributed by atoms with van der Waals surface area (Å²) in [5, 5.41) is 3.42. The maximum Gasteiger partial charge on any atom is 0.506 e. The maximum atomic E-state index is 6.16. The maximum absolute atomic E-state index is 6.16. The first kappa shape index (κ1) is 21.3. The van der Waals surface area contributed by atoms with E-state index in [2.05, 4.69) is 36.5 Å². The summed E-state index contributed by atoms with van der Waals surface area (Å²) in [6.45, 7) is 11.8. The van der Waals surface area contributed by atoms with Crippen LogP contribution >= 0.6 is 0 Å². The molecule has 1 rings (SSSR count). The molecule has 24 heavy (non-hydrogen) atoms. The molecular formula is C18H34N2O3Si. The third kappa shape index (κ3) is 6.27. The smallest absolute Gasteiger partial charge is 0.374 e. The van der Waals surface area contributed by atoms with Crippen molar-refractivity contribution in [2.45, 2.75) is 58.8 Å². The van der Waals surface area contributed by atoms with E-state index in [0.717, 1.165) is 6.42 Å². The summed E-state index contributed by atoms with van der Waals surface area (Å²) in [5.74, 6) is 0. The monoisotopic (exact) mass is 354 g/mol. The normalized spacial score (nSPS) is 15.9. The lowest BCUT2D eigenvalue weighted by Crippen LogP contribution is -2.58. The van der Waals surface area contributed by atoms with Gasteiger partial charge in [-0.2, -0.15) is 0 Å². The highest BCUT2D eigenvalue weighted by Gasteiger charge is 2.51. The fourth-order valence-electron chi connectivity index (χ4n) is 3.06. The van der Waals surface area contributed by atoms with Crippen LogP contribution in [0.15, 0.2) is 30.3 Å². The van der Waals surface area contributed by atoms with E-state index >= 15 is 0 Å². The molecule has 5 nitrogen and oxygen atoms in total. The van der Waals surface area contributed by atoms with Gasteiger partial charge in [0.25, 0.3) is 0 Å². The summed E-state index contributed by atoms with van der Waals surface area (Å²) >= 11 is 0. The average Bonchev–Trinajstić information content (AvgIpc) is 2.53. The van der Waals surface area contributed by atoms with Gasteiger partial charge in [0, 0.05) is 31.4 Å². The van der Waals surface area contributed by atoms with Gasteiger partial charge >= 0.3 is 8.80 Å². The van der Waals surface area contributed by atoms with Crippen LogP contribution in [0, 0.1) is 0 Å². The van der Waals surface area contributed by atoms with Crippen LogP contribution in [-0.4, -0.2) is 40.8 Å². The van der Waals surface area contributed by atoms with E-state index in [9.17, 15) is 0 Å². The molecule has 0 aromatic heterocycles. The van der Waals surface area contributed by atoms with Gasteiger partial charge in [0.05, 0.1) is 6.17 Å². The molecule has 0 saturated heterocycles. The number of hydrogen-bond acceptors (Lipinski definition) is 5. The lowest BCUT2D eigenvalue weighted by Gasteiger charge is -2.39. The Balaban J connectivity index is 3.17. The van der Waals surface area contributed by atoms with Crippen molar-refractivity contribution in [3.63, 3.8) is 0 Å². The molecule has 3 unspecified atom stereocenters. The third-order valence-corrected chi connectivity index (χ3v) is 7.60. The molecule has 0 bridgehead atoms. The highest BCUT2D eigenvalue weighted by Crippen LogP contribution is 2.33. The Kier molecular flexibility index (Phi) is 9.73. The summed E-state index contributed by atoms with van der Waals surface area (Å²) in [6.07, 6.45) is 0.725. The van der Waals surface area contributed by atoms with E-state index in [4.69, 9.17) is 19.0 Å². The van der Waals surface area contributed by atoms with E-state index < -0.39 is 8.80 Å². The molecule has 138 valence electrons. The molecule has 3 N–H and O–H groups in total. The van der Waals surface area contributed by atoms with Gasteiger partial charge in [-0.15, -0.1) is 0 Å². The summed E-state index contributed by atoms with van der Waals surface area (Å²) in [4.78, 5) is 0. The lowest BCUT2D eigenvalue weighted by molar-refractivity contribution is 0.0563. The van der Waals surface area contributed by atoms with Gasteiger partial charge in [-0.1, -0.05) is 30.3 Å². The predicted octanol–water partition coefficient (Wildman–Crippen LogP) is 2.93. The number of nitrogens with one attached hydrogen (secondary N) is 1. The molecule has 0 radical (unpaired) electrons. The zero-order valence-corrected chi connectivity index (χ0v) is 16.7. The summed E-state index contributed by atoms with van der Waals surface area (Å²) in [5.41, 5.74) is 7.31. The molecule has 0 aliphatic heterocycles. The van der Waals surface area contributed by atoms with Crippen LogP contribution in [0.1, 0.15) is 40.2 Å². The molecule has 0 saturated carbocycles. The van der Waals surface area contributed by atoms with Gasteiger partial charge in [0.2, 0.25) is 0 Å². The van der Waals surface area contributed by atoms with Gasteiger partial charge in [0.1, 0.15) is 0 Å². The summed E-state index contributed by atoms with van der Waals surface area (Å²) in [6, 6.07) is 10.5. The van der Waals surface area contributed by atoms with Crippen molar-refractivity contribution >= 4 is 8.80 Å². The van der Waals surface area contributed by atoms with Crippen LogP contribution in [0.25, 0.3) is 0 Å². The van der Waals surface area contributed by atoms with Crippen LogP contribution in [0.3, 0.4) is 0 Å². The number of hydrogen-bond donors (Lipinski definition) is 2. The molecule has 1 aromatic rings. The Hall–Kier alpha value is -0.763. The van der Waals surface area contributed by atoms with E-state index in [0.29, 0.717) is 19.8 Å². The number of rotatable bonds is 12. The second kappa shape index (κ2) is 11.0. The first-order valence-electron chi connectivity index (χ1n) is 8.96. The van der Waals surface area contributed by atoms with Crippen molar-refractivity contribution in [1.82, 2.24) is 5.32 Å². The van der Waals surface area contributed by atoms with Gasteiger partial charge in [0.15, 0.2) is 0 Å². The fraction of sp³-hybridized carbons (Fsp3) is 0.667. The zero-order chi connectivity index (χ0) is 18.0. The molecular weight excluding hydrogens is 320 g/mol. The minimum atomic E-state index is -2.86. The van der Waals surface area contributed by atoms with E-state index in [-0.39, 0.29) is 17.7 Å². The van der Waals surface area contributed by atoms with Crippen molar-refractivity contribution in [2.24, 2.45) is 5.73 Å². The molecule has 0 aliphatic carbocycles. The standard InChI is InChI=1S/C18H34N2O3Si/c1-6-21-24(22-7-2,23-8-3)18(15(4)20-16(5)19)14-17-12-10-9-11-13-17/h9-13,15-16,18,20H,6-8,14,19H2,1-5H3. The second-order valence-electron chi connectivity index (χ2n) is 5.94. The first-order chi connectivity index (χ1) is 11.5. The molecule has 0 aliphatic rings. The van der Waals surface area contributed by atoms with Crippen molar-refractivity contribution < 1.29 is 13.3 Å². The molecule has 0 spiro atoms. The quantitative estimate of drug-likeness (QED) is 0.446. The van der Waals surface area contributed by atoms with Crippen molar-refractivity contribution in [2.75, 3.05) is 19.8 Å². The number of nitrogens with two attached hydrogens (primary N) is 1. The van der Waals surface area contributed by atoms with Crippen LogP contribution < -0.4 is 11.1 Å². The average molecular weight is 355 g/mol. The molecule has 6 heteroatoms. The minimum absolute atomic E-state index is 0.0887. The van der Waals surface area contributed by atoms with Gasteiger partial charge < -0.3 is 19.0 Å². The van der Waals surface area contributed by atoms with Gasteiger partial charge in [-0.3, -0.25) is 5.32 Å². The van der Waals surface area contributed by atoms with Crippen LogP contribution in [0.4, 0.5) is 0 Å². The summed E-state index contributed by atoms with van der Waals surface area (Å²) in [7, 11) is -2.86. The highest BCUT2D eigenvalue weighted by atomic mass is 28.4. The highest BCUT2D eigenvalue weighted by molar-refractivity contribution is 6.62. The molecule has 0 heterocycles. The fourth-order valence-corrected chi connectivity index (χ4v) is 6.35. The predicted molar refractivity (Wildman–Crippen MR) is 101 cm³/mol. The Morgan fingerprint density at radius 1 is 0.958 bits per heavy atom. The Bertz CT molecular complexity index is 428. The van der Waals surface area contributed by atoms with Crippen LogP contribution in [0.5, 0.6) is 0 Å². The largest absolute Gasteiger partial charge is 0.506 e. The van der Waals surface area contributed by atoms with Gasteiger partial charge in [-0.05, 0) is 46.6 Å². The SMILES string of the molecule is CCO[Si](OCC)(OCC)C(Cc1ccccc1)C(C)NC(C)N. The molecule has 0 amide bonds. The van der Waals surface area contributed by atoms with Crippen molar-refractivity contribution in [1.29, 1.82) is 0 Å². The zero-order valence-electron chi connectivity index (χ0n) is 15.7. The lowest BCUT2D eigenvalue weighted by atomic mass is 10.1. The first-order valence-corrected chi connectivity index (χ1v) is 10.8. The van der Waals surface area contributed by atoms with Crippen molar-refractivity contribution in [3.8, 4) is 0 Å². The Labute approximate surface area is 148 Å². The Morgan fingerprint density at radius 2 is 1.46 bits per heavy atom. The third-order valence-electron chi connectivity index (χ3n) is 3.92. The van der Waals surface area contributed by atoms with E-state index in [1.54, 1.807) is 0 Å². The van der Waals surface area contributed by atoms with Crippen LogP contribution in [-0.2, 0) is 19.7 Å². The van der Waals surface area contributed by atoms with E-state index in [1.807, 2.05) is 33.8 Å². The van der Waals surface area contributed by atoms with E-state index in [1.165, 1.54) is 5.56 Å². The van der Waals surface area contributed by atoms with Gasteiger partial charge in [-0.25, -0.2) is 0 Å². The molecule has 1 aromatic carbocycles. The summed E-state index contributed by atoms with van der Waals surface area (Å²) < 4.78 is 18.5. The van der Waals surface area contributed by atoms with Crippen molar-refractivity contribution in [3.05, 3.63) is 35.9 Å². The second-order valence-corrected chi connectivity index (χ2v) is 8.76.